The smallest absolute Gasteiger partial charge is 0.229 e. The SMILES string of the molecule is COc1ccc(C)cc1N1CC(C(=O)Nc2ccccc2CN2CCCC2)CC1=O. The van der Waals surface area contributed by atoms with E-state index in [1.54, 1.807) is 12.0 Å². The fourth-order valence-corrected chi connectivity index (χ4v) is 4.32. The number of nitrogens with zero attached hydrogens (tertiary/aromatic N) is 2. The standard InChI is InChI=1S/C24H29N3O3/c1-17-9-10-22(30-2)21(13-17)27-16-19(14-23(27)28)24(29)25-20-8-4-3-7-18(20)15-26-11-5-6-12-26/h3-4,7-10,13,19H,5-6,11-12,14-16H2,1-2H3,(H,25,29). The van der Waals surface area contributed by atoms with Crippen LogP contribution in [0.15, 0.2) is 42.5 Å². The molecule has 2 aromatic carbocycles. The van der Waals surface area contributed by atoms with Crippen LogP contribution in [0.3, 0.4) is 0 Å². The van der Waals surface area contributed by atoms with Crippen LogP contribution in [-0.2, 0) is 16.1 Å². The summed E-state index contributed by atoms with van der Waals surface area (Å²) in [6.07, 6.45) is 2.67. The van der Waals surface area contributed by atoms with E-state index in [0.29, 0.717) is 12.3 Å². The lowest BCUT2D eigenvalue weighted by molar-refractivity contribution is -0.122. The van der Waals surface area contributed by atoms with Crippen molar-refractivity contribution in [3.63, 3.8) is 0 Å². The highest BCUT2D eigenvalue weighted by atomic mass is 16.5. The molecule has 0 radical (unpaired) electrons. The fourth-order valence-electron chi connectivity index (χ4n) is 4.32. The Balaban J connectivity index is 1.47. The molecule has 6 heteroatoms. The van der Waals surface area contributed by atoms with Crippen LogP contribution in [0.5, 0.6) is 5.75 Å². The molecule has 1 N–H and O–H groups in total. The molecule has 2 saturated heterocycles. The minimum atomic E-state index is -0.387. The number of amides is 2. The Hall–Kier alpha value is -2.86. The van der Waals surface area contributed by atoms with Gasteiger partial charge in [0.25, 0.3) is 0 Å². The van der Waals surface area contributed by atoms with Crippen molar-refractivity contribution in [3.05, 3.63) is 53.6 Å². The minimum Gasteiger partial charge on any atom is -0.495 e. The van der Waals surface area contributed by atoms with Crippen LogP contribution in [0.1, 0.15) is 30.4 Å². The summed E-state index contributed by atoms with van der Waals surface area (Å²) in [5.74, 6) is 0.101. The summed E-state index contributed by atoms with van der Waals surface area (Å²) in [4.78, 5) is 29.8. The summed E-state index contributed by atoms with van der Waals surface area (Å²) in [6.45, 7) is 5.38. The summed E-state index contributed by atoms with van der Waals surface area (Å²) >= 11 is 0. The highest BCUT2D eigenvalue weighted by molar-refractivity contribution is 6.04. The molecule has 0 saturated carbocycles. The van der Waals surface area contributed by atoms with Crippen LogP contribution in [0.4, 0.5) is 11.4 Å². The number of likely N-dealkylation sites (tertiary alicyclic amines) is 1. The Bertz CT molecular complexity index is 937. The molecule has 0 spiro atoms. The van der Waals surface area contributed by atoms with Gasteiger partial charge in [-0.2, -0.15) is 0 Å². The van der Waals surface area contributed by atoms with E-state index in [4.69, 9.17) is 4.74 Å². The van der Waals surface area contributed by atoms with Crippen LogP contribution < -0.4 is 15.0 Å². The van der Waals surface area contributed by atoms with Gasteiger partial charge >= 0.3 is 0 Å². The largest absolute Gasteiger partial charge is 0.495 e. The van der Waals surface area contributed by atoms with E-state index in [9.17, 15) is 9.59 Å². The Morgan fingerprint density at radius 2 is 1.93 bits per heavy atom. The molecule has 2 aliphatic rings. The van der Waals surface area contributed by atoms with E-state index in [-0.39, 0.29) is 24.2 Å². The third-order valence-corrected chi connectivity index (χ3v) is 5.99. The Morgan fingerprint density at radius 3 is 2.70 bits per heavy atom. The quantitative estimate of drug-likeness (QED) is 0.795. The summed E-state index contributed by atoms with van der Waals surface area (Å²) in [5, 5.41) is 3.08. The highest BCUT2D eigenvalue weighted by Gasteiger charge is 2.36. The van der Waals surface area contributed by atoms with Gasteiger partial charge in [0, 0.05) is 25.2 Å². The van der Waals surface area contributed by atoms with Crippen molar-refractivity contribution in [2.45, 2.75) is 32.7 Å². The van der Waals surface area contributed by atoms with E-state index in [1.165, 1.54) is 12.8 Å². The van der Waals surface area contributed by atoms with Gasteiger partial charge in [0.2, 0.25) is 11.8 Å². The van der Waals surface area contributed by atoms with E-state index < -0.39 is 0 Å². The number of nitrogens with one attached hydrogen (secondary N) is 1. The normalized spacial score (nSPS) is 19.3. The van der Waals surface area contributed by atoms with Crippen molar-refractivity contribution in [1.82, 2.24) is 4.90 Å². The van der Waals surface area contributed by atoms with Crippen molar-refractivity contribution in [1.29, 1.82) is 0 Å². The molecule has 2 aliphatic heterocycles. The van der Waals surface area contributed by atoms with Crippen LogP contribution in [0, 0.1) is 12.8 Å². The van der Waals surface area contributed by atoms with Crippen LogP contribution in [-0.4, -0.2) is 43.5 Å². The first-order valence-electron chi connectivity index (χ1n) is 10.6. The lowest BCUT2D eigenvalue weighted by Crippen LogP contribution is -2.29. The van der Waals surface area contributed by atoms with Gasteiger partial charge in [-0.3, -0.25) is 14.5 Å². The van der Waals surface area contributed by atoms with E-state index >= 15 is 0 Å². The average Bonchev–Trinajstić information content (AvgIpc) is 3.39. The maximum absolute atomic E-state index is 13.0. The van der Waals surface area contributed by atoms with Crippen molar-refractivity contribution in [3.8, 4) is 5.75 Å². The molecule has 2 heterocycles. The Labute approximate surface area is 177 Å². The van der Waals surface area contributed by atoms with Crippen LogP contribution in [0.25, 0.3) is 0 Å². The Morgan fingerprint density at radius 1 is 1.17 bits per heavy atom. The lowest BCUT2D eigenvalue weighted by Gasteiger charge is -2.21. The second kappa shape index (κ2) is 8.88. The van der Waals surface area contributed by atoms with Crippen molar-refractivity contribution in [2.24, 2.45) is 5.92 Å². The van der Waals surface area contributed by atoms with Gasteiger partial charge < -0.3 is 15.0 Å². The van der Waals surface area contributed by atoms with Gasteiger partial charge in [-0.1, -0.05) is 24.3 Å². The number of rotatable bonds is 6. The second-order valence-electron chi connectivity index (χ2n) is 8.21. The zero-order valence-electron chi connectivity index (χ0n) is 17.7. The number of para-hydroxylation sites is 1. The molecule has 2 aromatic rings. The van der Waals surface area contributed by atoms with Gasteiger partial charge in [-0.25, -0.2) is 0 Å². The van der Waals surface area contributed by atoms with Crippen molar-refractivity contribution < 1.29 is 14.3 Å². The maximum Gasteiger partial charge on any atom is 0.229 e. The van der Waals surface area contributed by atoms with Crippen LogP contribution >= 0.6 is 0 Å². The second-order valence-corrected chi connectivity index (χ2v) is 8.21. The van der Waals surface area contributed by atoms with E-state index in [0.717, 1.165) is 42.1 Å². The van der Waals surface area contributed by atoms with Crippen molar-refractivity contribution in [2.75, 3.05) is 37.0 Å². The number of benzene rings is 2. The molecule has 4 rings (SSSR count). The number of methoxy groups -OCH3 is 1. The molecule has 158 valence electrons. The first-order valence-corrected chi connectivity index (χ1v) is 10.6. The first-order chi connectivity index (χ1) is 14.5. The molecular weight excluding hydrogens is 378 g/mol. The molecule has 2 fully saturated rings. The molecule has 1 unspecified atom stereocenters. The van der Waals surface area contributed by atoms with Gasteiger partial charge in [0.15, 0.2) is 0 Å². The number of carbonyl (C=O) groups is 2. The summed E-state index contributed by atoms with van der Waals surface area (Å²) < 4.78 is 5.43. The molecule has 2 amide bonds. The third-order valence-electron chi connectivity index (χ3n) is 5.99. The number of carbonyl (C=O) groups excluding carboxylic acids is 2. The van der Waals surface area contributed by atoms with Gasteiger partial charge in [-0.15, -0.1) is 0 Å². The minimum absolute atomic E-state index is 0.0515. The Kier molecular flexibility index (Phi) is 6.04. The van der Waals surface area contributed by atoms with Gasteiger partial charge in [0.1, 0.15) is 5.75 Å². The zero-order valence-corrected chi connectivity index (χ0v) is 17.7. The predicted molar refractivity (Wildman–Crippen MR) is 118 cm³/mol. The molecule has 30 heavy (non-hydrogen) atoms. The zero-order chi connectivity index (χ0) is 21.1. The van der Waals surface area contributed by atoms with Gasteiger partial charge in [0.05, 0.1) is 18.7 Å². The number of hydrogen-bond acceptors (Lipinski definition) is 4. The molecule has 0 aliphatic carbocycles. The number of hydrogen-bond donors (Lipinski definition) is 1. The summed E-state index contributed by atoms with van der Waals surface area (Å²) in [7, 11) is 1.59. The first kappa shape index (κ1) is 20.4. The molecule has 0 aromatic heterocycles. The number of ether oxygens (including phenoxy) is 1. The van der Waals surface area contributed by atoms with Crippen LogP contribution in [0.2, 0.25) is 0 Å². The predicted octanol–water partition coefficient (Wildman–Crippen LogP) is 3.59. The molecule has 1 atom stereocenters. The molecular formula is C24H29N3O3. The number of aryl methyl sites for hydroxylation is 1. The van der Waals surface area contributed by atoms with E-state index in [2.05, 4.69) is 16.3 Å². The molecule has 0 bridgehead atoms. The van der Waals surface area contributed by atoms with Gasteiger partial charge in [-0.05, 0) is 62.2 Å². The number of anilines is 2. The van der Waals surface area contributed by atoms with Crippen molar-refractivity contribution >= 4 is 23.2 Å². The average molecular weight is 408 g/mol. The maximum atomic E-state index is 13.0. The molecule has 6 nitrogen and oxygen atoms in total. The van der Waals surface area contributed by atoms with E-state index in [1.807, 2.05) is 43.3 Å². The topological polar surface area (TPSA) is 61.9 Å². The fraction of sp³-hybridized carbons (Fsp3) is 0.417. The third kappa shape index (κ3) is 4.33. The summed E-state index contributed by atoms with van der Waals surface area (Å²) in [6, 6.07) is 13.7. The summed E-state index contributed by atoms with van der Waals surface area (Å²) in [5.41, 5.74) is 3.73. The highest BCUT2D eigenvalue weighted by Crippen LogP contribution is 2.34. The monoisotopic (exact) mass is 407 g/mol. The lowest BCUT2D eigenvalue weighted by atomic mass is 10.1.